The second kappa shape index (κ2) is 4.53. The molecule has 1 fully saturated rings. The number of carbonyl (C=O) groups is 1. The zero-order valence-electron chi connectivity index (χ0n) is 9.39. The van der Waals surface area contributed by atoms with Gasteiger partial charge in [-0.3, -0.25) is 4.90 Å². The number of rotatable bonds is 3. The Morgan fingerprint density at radius 2 is 1.94 bits per heavy atom. The van der Waals surface area contributed by atoms with E-state index in [1.807, 2.05) is 31.3 Å². The molecule has 1 aromatic rings. The summed E-state index contributed by atoms with van der Waals surface area (Å²) in [5.41, 5.74) is 2.02. The quantitative estimate of drug-likeness (QED) is 0.828. The minimum absolute atomic E-state index is 0.0508. The van der Waals surface area contributed by atoms with Crippen molar-refractivity contribution in [3.63, 3.8) is 0 Å². The van der Waals surface area contributed by atoms with Crippen molar-refractivity contribution in [3.05, 3.63) is 29.8 Å². The summed E-state index contributed by atoms with van der Waals surface area (Å²) in [5, 5.41) is 8.81. The minimum Gasteiger partial charge on any atom is -0.396 e. The second-order valence-electron chi connectivity index (χ2n) is 4.00. The van der Waals surface area contributed by atoms with E-state index in [0.29, 0.717) is 6.42 Å². The molecule has 0 unspecified atom stereocenters. The van der Waals surface area contributed by atoms with Crippen LogP contribution in [0.4, 0.5) is 10.5 Å². The monoisotopic (exact) mass is 220 g/mol. The number of hydrogen-bond acceptors (Lipinski definition) is 2. The zero-order chi connectivity index (χ0) is 11.5. The lowest BCUT2D eigenvalue weighted by atomic mass is 10.1. The molecule has 1 aliphatic rings. The Bertz CT molecular complexity index is 375. The standard InChI is InChI=1S/C12H16N2O2/c1-13-7-8-14(12(13)16)11-4-2-10(3-5-11)6-9-15/h2-5,15H,6-9H2,1H3. The topological polar surface area (TPSA) is 43.8 Å². The van der Waals surface area contributed by atoms with Gasteiger partial charge in [0.1, 0.15) is 0 Å². The van der Waals surface area contributed by atoms with E-state index in [-0.39, 0.29) is 12.6 Å². The number of likely N-dealkylation sites (N-methyl/N-ethyl adjacent to an activating group) is 1. The van der Waals surface area contributed by atoms with E-state index in [2.05, 4.69) is 0 Å². The second-order valence-corrected chi connectivity index (χ2v) is 4.00. The molecule has 2 amide bonds. The first-order valence-electron chi connectivity index (χ1n) is 5.45. The van der Waals surface area contributed by atoms with Crippen LogP contribution in [0.15, 0.2) is 24.3 Å². The smallest absolute Gasteiger partial charge is 0.324 e. The van der Waals surface area contributed by atoms with Gasteiger partial charge in [-0.05, 0) is 24.1 Å². The van der Waals surface area contributed by atoms with Crippen LogP contribution in [0.25, 0.3) is 0 Å². The molecule has 1 N–H and O–H groups in total. The molecule has 0 aromatic heterocycles. The van der Waals surface area contributed by atoms with Crippen molar-refractivity contribution < 1.29 is 9.90 Å². The highest BCUT2D eigenvalue weighted by atomic mass is 16.3. The first-order valence-corrected chi connectivity index (χ1v) is 5.45. The summed E-state index contributed by atoms with van der Waals surface area (Å²) < 4.78 is 0. The van der Waals surface area contributed by atoms with Crippen molar-refractivity contribution in [2.75, 3.05) is 31.6 Å². The SMILES string of the molecule is CN1CCN(c2ccc(CCO)cc2)C1=O. The maximum atomic E-state index is 11.7. The van der Waals surface area contributed by atoms with Crippen LogP contribution in [-0.4, -0.2) is 42.8 Å². The molecule has 1 heterocycles. The first-order chi connectivity index (χ1) is 7.72. The number of carbonyl (C=O) groups excluding carboxylic acids is 1. The van der Waals surface area contributed by atoms with Crippen molar-refractivity contribution in [2.45, 2.75) is 6.42 Å². The Hall–Kier alpha value is -1.55. The van der Waals surface area contributed by atoms with Crippen molar-refractivity contribution in [1.82, 2.24) is 4.90 Å². The van der Waals surface area contributed by atoms with Crippen LogP contribution in [0.5, 0.6) is 0 Å². The van der Waals surface area contributed by atoms with E-state index >= 15 is 0 Å². The van der Waals surface area contributed by atoms with E-state index in [9.17, 15) is 4.79 Å². The first kappa shape index (κ1) is 11.0. The average Bonchev–Trinajstić information content (AvgIpc) is 2.62. The molecule has 1 saturated heterocycles. The summed E-state index contributed by atoms with van der Waals surface area (Å²) in [6.07, 6.45) is 0.661. The highest BCUT2D eigenvalue weighted by molar-refractivity contribution is 5.93. The molecular weight excluding hydrogens is 204 g/mol. The van der Waals surface area contributed by atoms with Crippen molar-refractivity contribution in [1.29, 1.82) is 0 Å². The van der Waals surface area contributed by atoms with E-state index in [1.165, 1.54) is 0 Å². The number of hydrogen-bond donors (Lipinski definition) is 1. The largest absolute Gasteiger partial charge is 0.396 e. The number of amides is 2. The van der Waals surface area contributed by atoms with Crippen LogP contribution in [0.3, 0.4) is 0 Å². The summed E-state index contributed by atoms with van der Waals surface area (Å²) in [5.74, 6) is 0. The lowest BCUT2D eigenvalue weighted by Gasteiger charge is -2.16. The lowest BCUT2D eigenvalue weighted by molar-refractivity contribution is 0.229. The third-order valence-electron chi connectivity index (χ3n) is 2.86. The van der Waals surface area contributed by atoms with Crippen molar-refractivity contribution in [3.8, 4) is 0 Å². The Labute approximate surface area is 95.1 Å². The molecule has 0 radical (unpaired) electrons. The fourth-order valence-electron chi connectivity index (χ4n) is 1.86. The van der Waals surface area contributed by atoms with Crippen LogP contribution >= 0.6 is 0 Å². The van der Waals surface area contributed by atoms with Gasteiger partial charge in [0.05, 0.1) is 0 Å². The Morgan fingerprint density at radius 3 is 2.44 bits per heavy atom. The highest BCUT2D eigenvalue weighted by Gasteiger charge is 2.26. The molecule has 4 nitrogen and oxygen atoms in total. The lowest BCUT2D eigenvalue weighted by Crippen LogP contribution is -2.29. The van der Waals surface area contributed by atoms with Gasteiger partial charge < -0.3 is 10.0 Å². The van der Waals surface area contributed by atoms with Crippen LogP contribution < -0.4 is 4.90 Å². The van der Waals surface area contributed by atoms with Crippen LogP contribution in [0, 0.1) is 0 Å². The van der Waals surface area contributed by atoms with Crippen molar-refractivity contribution in [2.24, 2.45) is 0 Å². The fourth-order valence-corrected chi connectivity index (χ4v) is 1.86. The molecule has 0 atom stereocenters. The van der Waals surface area contributed by atoms with E-state index < -0.39 is 0 Å². The normalized spacial score (nSPS) is 16.0. The van der Waals surface area contributed by atoms with Gasteiger partial charge >= 0.3 is 6.03 Å². The van der Waals surface area contributed by atoms with Crippen LogP contribution in [0.2, 0.25) is 0 Å². The number of nitrogens with zero attached hydrogens (tertiary/aromatic N) is 2. The molecule has 0 saturated carbocycles. The Balaban J connectivity index is 2.13. The summed E-state index contributed by atoms with van der Waals surface area (Å²) in [6.45, 7) is 1.68. The maximum absolute atomic E-state index is 11.7. The van der Waals surface area contributed by atoms with Gasteiger partial charge in [-0.1, -0.05) is 12.1 Å². The Kier molecular flexibility index (Phi) is 3.10. The number of aliphatic hydroxyl groups is 1. The maximum Gasteiger partial charge on any atom is 0.324 e. The van der Waals surface area contributed by atoms with Gasteiger partial charge in [-0.15, -0.1) is 0 Å². The fraction of sp³-hybridized carbons (Fsp3) is 0.417. The average molecular weight is 220 g/mol. The summed E-state index contributed by atoms with van der Waals surface area (Å²) in [4.78, 5) is 15.2. The van der Waals surface area contributed by atoms with Crippen molar-refractivity contribution >= 4 is 11.7 Å². The minimum atomic E-state index is 0.0508. The highest BCUT2D eigenvalue weighted by Crippen LogP contribution is 2.20. The molecule has 0 spiro atoms. The molecular formula is C12H16N2O2. The number of benzene rings is 1. The summed E-state index contributed by atoms with van der Waals surface area (Å²) in [6, 6.07) is 7.83. The molecule has 1 aromatic carbocycles. The molecule has 2 rings (SSSR count). The van der Waals surface area contributed by atoms with Gasteiger partial charge in [-0.25, -0.2) is 4.79 Å². The predicted molar refractivity (Wildman–Crippen MR) is 62.6 cm³/mol. The predicted octanol–water partition coefficient (Wildman–Crippen LogP) is 1.09. The molecule has 0 aliphatic carbocycles. The third-order valence-corrected chi connectivity index (χ3v) is 2.86. The third kappa shape index (κ3) is 2.02. The van der Waals surface area contributed by atoms with E-state index in [4.69, 9.17) is 5.11 Å². The van der Waals surface area contributed by atoms with Gasteiger partial charge in [0.15, 0.2) is 0 Å². The molecule has 1 aliphatic heterocycles. The molecule has 0 bridgehead atoms. The molecule has 4 heteroatoms. The van der Waals surface area contributed by atoms with Crippen LogP contribution in [-0.2, 0) is 6.42 Å². The van der Waals surface area contributed by atoms with Gasteiger partial charge in [-0.2, -0.15) is 0 Å². The summed E-state index contributed by atoms with van der Waals surface area (Å²) >= 11 is 0. The Morgan fingerprint density at radius 1 is 1.25 bits per heavy atom. The summed E-state index contributed by atoms with van der Waals surface area (Å²) in [7, 11) is 1.81. The van der Waals surface area contributed by atoms with Crippen LogP contribution in [0.1, 0.15) is 5.56 Å². The van der Waals surface area contributed by atoms with E-state index in [1.54, 1.807) is 9.80 Å². The van der Waals surface area contributed by atoms with Gasteiger partial charge in [0, 0.05) is 32.4 Å². The molecule has 16 heavy (non-hydrogen) atoms. The molecule has 86 valence electrons. The number of aliphatic hydroxyl groups excluding tert-OH is 1. The van der Waals surface area contributed by atoms with Gasteiger partial charge in [0.25, 0.3) is 0 Å². The van der Waals surface area contributed by atoms with Gasteiger partial charge in [0.2, 0.25) is 0 Å². The number of urea groups is 1. The number of anilines is 1. The zero-order valence-corrected chi connectivity index (χ0v) is 9.39. The van der Waals surface area contributed by atoms with E-state index in [0.717, 1.165) is 24.3 Å².